The highest BCUT2D eigenvalue weighted by Crippen LogP contribution is 2.32. The Morgan fingerprint density at radius 1 is 1.39 bits per heavy atom. The molecule has 122 valence electrons. The van der Waals surface area contributed by atoms with Crippen molar-refractivity contribution in [2.24, 2.45) is 5.92 Å². The van der Waals surface area contributed by atoms with Crippen molar-refractivity contribution in [3.8, 4) is 11.3 Å². The number of nitro groups is 1. The van der Waals surface area contributed by atoms with E-state index in [2.05, 4.69) is 4.90 Å². The molecule has 1 aromatic carbocycles. The first kappa shape index (κ1) is 16.0. The molecule has 3 rings (SSSR count). The molecule has 7 heteroatoms. The van der Waals surface area contributed by atoms with Crippen LogP contribution in [0.1, 0.15) is 12.2 Å². The molecule has 1 N–H and O–H groups in total. The maximum absolute atomic E-state index is 10.7. The van der Waals surface area contributed by atoms with Gasteiger partial charge in [0.25, 0.3) is 5.69 Å². The van der Waals surface area contributed by atoms with Crippen LogP contribution in [0.3, 0.4) is 0 Å². The molecular formula is C16H17ClN2O4. The summed E-state index contributed by atoms with van der Waals surface area (Å²) in [6.45, 7) is 2.71. The van der Waals surface area contributed by atoms with Crippen LogP contribution in [0.2, 0.25) is 5.02 Å². The SMILES string of the molecule is O=[N+]([O-])c1ccc(-c2ccc(CN3CCC(CO)C3)o2)c(Cl)c1. The lowest BCUT2D eigenvalue weighted by Gasteiger charge is -2.13. The zero-order chi connectivity index (χ0) is 16.4. The standard InChI is InChI=1S/C16H17ClN2O4/c17-15-7-12(19(21)22)1-3-14(15)16-4-2-13(23-16)9-18-6-5-11(8-18)10-20/h1-4,7,11,20H,5-6,8-10H2. The molecule has 0 aliphatic carbocycles. The Bertz CT molecular complexity index is 716. The molecule has 0 saturated carbocycles. The second-order valence-corrected chi connectivity index (χ2v) is 6.17. The highest BCUT2D eigenvalue weighted by molar-refractivity contribution is 6.33. The number of hydrogen-bond acceptors (Lipinski definition) is 5. The van der Waals surface area contributed by atoms with E-state index in [1.807, 2.05) is 12.1 Å². The molecule has 6 nitrogen and oxygen atoms in total. The van der Waals surface area contributed by atoms with Gasteiger partial charge in [0.1, 0.15) is 11.5 Å². The third-order valence-electron chi connectivity index (χ3n) is 4.10. The Balaban J connectivity index is 1.73. The fourth-order valence-electron chi connectivity index (χ4n) is 2.85. The van der Waals surface area contributed by atoms with Gasteiger partial charge in [0.05, 0.1) is 16.5 Å². The Labute approximate surface area is 138 Å². The molecule has 0 bridgehead atoms. The number of benzene rings is 1. The van der Waals surface area contributed by atoms with Gasteiger partial charge in [-0.1, -0.05) is 11.6 Å². The zero-order valence-electron chi connectivity index (χ0n) is 12.4. The molecule has 1 fully saturated rings. The molecule has 1 saturated heterocycles. The van der Waals surface area contributed by atoms with Gasteiger partial charge in [-0.15, -0.1) is 0 Å². The van der Waals surface area contributed by atoms with E-state index in [9.17, 15) is 15.2 Å². The summed E-state index contributed by atoms with van der Waals surface area (Å²) in [4.78, 5) is 12.5. The first-order chi connectivity index (χ1) is 11.1. The number of rotatable bonds is 5. The normalized spacial score (nSPS) is 18.4. The summed E-state index contributed by atoms with van der Waals surface area (Å²) in [5.74, 6) is 1.75. The van der Waals surface area contributed by atoms with Crippen LogP contribution in [0.4, 0.5) is 5.69 Å². The van der Waals surface area contributed by atoms with Crippen LogP contribution in [-0.4, -0.2) is 34.6 Å². The van der Waals surface area contributed by atoms with Crippen molar-refractivity contribution in [3.63, 3.8) is 0 Å². The predicted molar refractivity (Wildman–Crippen MR) is 86.3 cm³/mol. The van der Waals surface area contributed by atoms with Crippen LogP contribution >= 0.6 is 11.6 Å². The highest BCUT2D eigenvalue weighted by Gasteiger charge is 2.22. The Kier molecular flexibility index (Phi) is 4.66. The molecule has 1 aliphatic heterocycles. The minimum absolute atomic E-state index is 0.0439. The minimum Gasteiger partial charge on any atom is -0.460 e. The van der Waals surface area contributed by atoms with Crippen LogP contribution in [-0.2, 0) is 6.54 Å². The number of aliphatic hydroxyl groups excluding tert-OH is 1. The van der Waals surface area contributed by atoms with Crippen LogP contribution < -0.4 is 0 Å². The van der Waals surface area contributed by atoms with Gasteiger partial charge in [0.2, 0.25) is 0 Å². The lowest BCUT2D eigenvalue weighted by Crippen LogP contribution is -2.20. The number of nitrogens with zero attached hydrogens (tertiary/aromatic N) is 2. The van der Waals surface area contributed by atoms with Gasteiger partial charge < -0.3 is 9.52 Å². The van der Waals surface area contributed by atoms with E-state index >= 15 is 0 Å². The van der Waals surface area contributed by atoms with E-state index in [-0.39, 0.29) is 12.3 Å². The molecule has 1 aliphatic rings. The lowest BCUT2D eigenvalue weighted by atomic mass is 10.1. The molecule has 23 heavy (non-hydrogen) atoms. The Hall–Kier alpha value is -1.89. The number of likely N-dealkylation sites (tertiary alicyclic amines) is 1. The topological polar surface area (TPSA) is 79.8 Å². The van der Waals surface area contributed by atoms with E-state index in [0.29, 0.717) is 28.8 Å². The third-order valence-corrected chi connectivity index (χ3v) is 4.41. The number of nitro benzene ring substituents is 1. The maximum Gasteiger partial charge on any atom is 0.270 e. The smallest absolute Gasteiger partial charge is 0.270 e. The quantitative estimate of drug-likeness (QED) is 0.669. The number of furan rings is 1. The van der Waals surface area contributed by atoms with Gasteiger partial charge in [-0.05, 0) is 37.1 Å². The van der Waals surface area contributed by atoms with Crippen molar-refractivity contribution in [2.75, 3.05) is 19.7 Å². The monoisotopic (exact) mass is 336 g/mol. The van der Waals surface area contributed by atoms with Crippen LogP contribution in [0.5, 0.6) is 0 Å². The van der Waals surface area contributed by atoms with Crippen LogP contribution in [0.15, 0.2) is 34.7 Å². The molecule has 2 heterocycles. The first-order valence-corrected chi connectivity index (χ1v) is 7.81. The Morgan fingerprint density at radius 2 is 2.22 bits per heavy atom. The summed E-state index contributed by atoms with van der Waals surface area (Å²) in [6, 6.07) is 8.04. The van der Waals surface area contributed by atoms with Gasteiger partial charge in [0, 0.05) is 30.8 Å². The van der Waals surface area contributed by atoms with Crippen LogP contribution in [0, 0.1) is 16.0 Å². The predicted octanol–water partition coefficient (Wildman–Crippen LogP) is 3.32. The van der Waals surface area contributed by atoms with Crippen LogP contribution in [0.25, 0.3) is 11.3 Å². The fraction of sp³-hybridized carbons (Fsp3) is 0.375. The highest BCUT2D eigenvalue weighted by atomic mass is 35.5. The fourth-order valence-corrected chi connectivity index (χ4v) is 3.12. The summed E-state index contributed by atoms with van der Waals surface area (Å²) in [6.07, 6.45) is 0.998. The number of non-ortho nitro benzene ring substituents is 1. The third kappa shape index (κ3) is 3.55. The average Bonchev–Trinajstić information content (AvgIpc) is 3.17. The number of hydrogen-bond donors (Lipinski definition) is 1. The van der Waals surface area contributed by atoms with Gasteiger partial charge in [0.15, 0.2) is 0 Å². The Morgan fingerprint density at radius 3 is 2.87 bits per heavy atom. The van der Waals surface area contributed by atoms with Gasteiger partial charge in [-0.25, -0.2) is 0 Å². The lowest BCUT2D eigenvalue weighted by molar-refractivity contribution is -0.384. The molecular weight excluding hydrogens is 320 g/mol. The van der Waals surface area contributed by atoms with E-state index in [4.69, 9.17) is 16.0 Å². The summed E-state index contributed by atoms with van der Waals surface area (Å²) in [5.41, 5.74) is 0.593. The average molecular weight is 337 g/mol. The second-order valence-electron chi connectivity index (χ2n) is 5.76. The summed E-state index contributed by atoms with van der Waals surface area (Å²) >= 11 is 6.12. The van der Waals surface area contributed by atoms with Crippen molar-refractivity contribution in [1.29, 1.82) is 0 Å². The molecule has 1 aromatic heterocycles. The van der Waals surface area contributed by atoms with E-state index in [1.54, 1.807) is 6.07 Å². The van der Waals surface area contributed by atoms with Gasteiger partial charge >= 0.3 is 0 Å². The summed E-state index contributed by atoms with van der Waals surface area (Å²) < 4.78 is 5.82. The second kappa shape index (κ2) is 6.70. The first-order valence-electron chi connectivity index (χ1n) is 7.43. The molecule has 0 amide bonds. The molecule has 2 aromatic rings. The van der Waals surface area contributed by atoms with E-state index in [1.165, 1.54) is 12.1 Å². The van der Waals surface area contributed by atoms with Crippen molar-refractivity contribution in [3.05, 3.63) is 51.2 Å². The van der Waals surface area contributed by atoms with Crippen molar-refractivity contribution < 1.29 is 14.4 Å². The minimum atomic E-state index is -0.478. The number of aliphatic hydroxyl groups is 1. The van der Waals surface area contributed by atoms with Crippen molar-refractivity contribution >= 4 is 17.3 Å². The summed E-state index contributed by atoms with van der Waals surface area (Å²) in [7, 11) is 0. The van der Waals surface area contributed by atoms with Crippen molar-refractivity contribution in [1.82, 2.24) is 4.90 Å². The molecule has 1 unspecified atom stereocenters. The molecule has 1 atom stereocenters. The zero-order valence-corrected chi connectivity index (χ0v) is 13.2. The van der Waals surface area contributed by atoms with E-state index in [0.717, 1.165) is 25.3 Å². The molecule has 0 spiro atoms. The largest absolute Gasteiger partial charge is 0.460 e. The van der Waals surface area contributed by atoms with Gasteiger partial charge in [-0.2, -0.15) is 0 Å². The van der Waals surface area contributed by atoms with Crippen molar-refractivity contribution in [2.45, 2.75) is 13.0 Å². The molecule has 0 radical (unpaired) electrons. The van der Waals surface area contributed by atoms with E-state index < -0.39 is 4.92 Å². The number of halogens is 1. The summed E-state index contributed by atoms with van der Waals surface area (Å²) in [5, 5.41) is 20.2. The maximum atomic E-state index is 10.7. The van der Waals surface area contributed by atoms with Gasteiger partial charge in [-0.3, -0.25) is 15.0 Å².